The normalized spacial score (nSPS) is 10.8. The van der Waals surface area contributed by atoms with E-state index >= 15 is 0 Å². The zero-order chi connectivity index (χ0) is 18.6. The molecule has 9 heteroatoms. The van der Waals surface area contributed by atoms with Crippen molar-refractivity contribution in [3.8, 4) is 12.3 Å². The molecule has 9 nitrogen and oxygen atoms in total. The second kappa shape index (κ2) is 19.1. The van der Waals surface area contributed by atoms with Gasteiger partial charge in [-0.05, 0) is 0 Å². The number of hydrogen-bond acceptors (Lipinski definition) is 8. The Morgan fingerprint density at radius 1 is 0.840 bits per heavy atom. The number of nitrogens with one attached hydrogen (secondary N) is 1. The Morgan fingerprint density at radius 3 is 1.72 bits per heavy atom. The number of amides is 1. The van der Waals surface area contributed by atoms with Crippen LogP contribution in [0.5, 0.6) is 0 Å². The number of carbonyl (C=O) groups excluding carboxylic acids is 1. The van der Waals surface area contributed by atoms with Gasteiger partial charge in [0, 0.05) is 0 Å². The summed E-state index contributed by atoms with van der Waals surface area (Å²) < 4.78 is 26.0. The van der Waals surface area contributed by atoms with E-state index in [9.17, 15) is 4.79 Å². The molecule has 0 aliphatic carbocycles. The highest BCUT2D eigenvalue weighted by atomic mass is 16.6. The molecule has 0 saturated carbocycles. The number of ether oxygens (including phenoxy) is 5. The van der Waals surface area contributed by atoms with E-state index in [1.807, 2.05) is 0 Å². The molecule has 0 aromatic heterocycles. The fraction of sp³-hybridized carbons (Fsp3) is 0.812. The third-order valence-corrected chi connectivity index (χ3v) is 2.71. The van der Waals surface area contributed by atoms with Gasteiger partial charge in [-0.3, -0.25) is 4.79 Å². The lowest BCUT2D eigenvalue weighted by molar-refractivity contribution is -0.127. The van der Waals surface area contributed by atoms with E-state index in [0.29, 0.717) is 46.2 Å². The molecule has 0 aromatic carbocycles. The molecule has 0 aromatic rings. The van der Waals surface area contributed by atoms with Crippen molar-refractivity contribution in [1.29, 1.82) is 0 Å². The first-order valence-electron chi connectivity index (χ1n) is 8.07. The molecule has 0 fully saturated rings. The van der Waals surface area contributed by atoms with E-state index in [0.717, 1.165) is 0 Å². The Bertz CT molecular complexity index is 344. The summed E-state index contributed by atoms with van der Waals surface area (Å²) in [5.74, 6) is 1.96. The van der Waals surface area contributed by atoms with Crippen LogP contribution in [0.1, 0.15) is 0 Å². The molecule has 0 saturated heterocycles. The van der Waals surface area contributed by atoms with Crippen LogP contribution in [0.25, 0.3) is 0 Å². The maximum atomic E-state index is 11.4. The smallest absolute Gasteiger partial charge is 0.246 e. The van der Waals surface area contributed by atoms with Crippen LogP contribution >= 0.6 is 0 Å². The van der Waals surface area contributed by atoms with Crippen LogP contribution in [0, 0.1) is 12.3 Å². The topological polar surface area (TPSA) is 116 Å². The highest BCUT2D eigenvalue weighted by molar-refractivity contribution is 5.77. The molecule has 0 aliphatic heterocycles. The Morgan fingerprint density at radius 2 is 1.28 bits per heavy atom. The van der Waals surface area contributed by atoms with Gasteiger partial charge in [-0.25, -0.2) is 0 Å². The Balaban J connectivity index is 3.19. The van der Waals surface area contributed by atoms with E-state index in [1.54, 1.807) is 0 Å². The van der Waals surface area contributed by atoms with Crippen molar-refractivity contribution in [1.82, 2.24) is 5.32 Å². The lowest BCUT2D eigenvalue weighted by Gasteiger charge is -2.13. The van der Waals surface area contributed by atoms with E-state index < -0.39 is 11.9 Å². The van der Waals surface area contributed by atoms with Crippen molar-refractivity contribution in [2.45, 2.75) is 6.04 Å². The molecule has 0 heterocycles. The third kappa shape index (κ3) is 17.4. The van der Waals surface area contributed by atoms with Crippen molar-refractivity contribution in [2.24, 2.45) is 0 Å². The summed E-state index contributed by atoms with van der Waals surface area (Å²) in [6, 6.07) is -0.663. The van der Waals surface area contributed by atoms with Gasteiger partial charge in [-0.2, -0.15) is 0 Å². The summed E-state index contributed by atoms with van der Waals surface area (Å²) in [5.41, 5.74) is 0. The summed E-state index contributed by atoms with van der Waals surface area (Å²) in [4.78, 5) is 11.4. The zero-order valence-corrected chi connectivity index (χ0v) is 14.5. The largest absolute Gasteiger partial charge is 0.394 e. The molecule has 0 unspecified atom stereocenters. The van der Waals surface area contributed by atoms with Gasteiger partial charge >= 0.3 is 0 Å². The van der Waals surface area contributed by atoms with E-state index in [2.05, 4.69) is 11.2 Å². The molecule has 3 N–H and O–H groups in total. The molecule has 0 spiro atoms. The molecular weight excluding hydrogens is 334 g/mol. The minimum Gasteiger partial charge on any atom is -0.394 e. The van der Waals surface area contributed by atoms with Crippen molar-refractivity contribution in [2.75, 3.05) is 79.3 Å². The summed E-state index contributed by atoms with van der Waals surface area (Å²) in [6.45, 7) is 2.81. The monoisotopic (exact) mass is 363 g/mol. The number of carbonyl (C=O) groups is 1. The van der Waals surface area contributed by atoms with Crippen LogP contribution in [0.3, 0.4) is 0 Å². The highest BCUT2D eigenvalue weighted by Gasteiger charge is 2.09. The van der Waals surface area contributed by atoms with E-state index in [-0.39, 0.29) is 33.0 Å². The quantitative estimate of drug-likeness (QED) is 0.192. The van der Waals surface area contributed by atoms with Gasteiger partial charge in [0.25, 0.3) is 0 Å². The predicted octanol–water partition coefficient (Wildman–Crippen LogP) is -1.83. The van der Waals surface area contributed by atoms with Crippen LogP contribution in [0.15, 0.2) is 0 Å². The first-order chi connectivity index (χ1) is 12.2. The summed E-state index contributed by atoms with van der Waals surface area (Å²) >= 11 is 0. The molecule has 0 atom stereocenters. The molecule has 0 aliphatic rings. The minimum atomic E-state index is -0.663. The number of aliphatic hydroxyl groups excluding tert-OH is 2. The Kier molecular flexibility index (Phi) is 18.1. The van der Waals surface area contributed by atoms with Gasteiger partial charge in [-0.15, -0.1) is 6.42 Å². The number of hydrogen-bond donors (Lipinski definition) is 3. The second-order valence-corrected chi connectivity index (χ2v) is 4.78. The predicted molar refractivity (Wildman–Crippen MR) is 89.0 cm³/mol. The SMILES string of the molecule is C#CCOCCOCCOCCOCCOCC(=O)NC(CO)CO. The first-order valence-corrected chi connectivity index (χ1v) is 8.07. The standard InChI is InChI=1S/C16H29NO8/c1-2-3-21-4-5-22-6-7-23-8-9-24-10-11-25-14-16(20)17-15(12-18)13-19/h1,15,18-19H,3-14H2,(H,17,20). The van der Waals surface area contributed by atoms with Gasteiger partial charge in [0.1, 0.15) is 13.2 Å². The summed E-state index contributed by atoms with van der Waals surface area (Å²) in [5, 5.41) is 20.0. The maximum absolute atomic E-state index is 11.4. The highest BCUT2D eigenvalue weighted by Crippen LogP contribution is 1.85. The van der Waals surface area contributed by atoms with Gasteiger partial charge in [0.2, 0.25) is 5.91 Å². The second-order valence-electron chi connectivity index (χ2n) is 4.78. The van der Waals surface area contributed by atoms with Gasteiger partial charge in [-0.1, -0.05) is 5.92 Å². The molecule has 1 amide bonds. The van der Waals surface area contributed by atoms with E-state index in [1.165, 1.54) is 0 Å². The number of rotatable bonds is 18. The summed E-state index contributed by atoms with van der Waals surface area (Å²) in [6.07, 6.45) is 5.03. The van der Waals surface area contributed by atoms with Crippen LogP contribution in [-0.4, -0.2) is 101 Å². The molecule has 146 valence electrons. The zero-order valence-electron chi connectivity index (χ0n) is 14.5. The van der Waals surface area contributed by atoms with E-state index in [4.69, 9.17) is 40.3 Å². The van der Waals surface area contributed by atoms with Crippen molar-refractivity contribution in [3.05, 3.63) is 0 Å². The molecule has 0 bridgehead atoms. The summed E-state index contributed by atoms with van der Waals surface area (Å²) in [7, 11) is 0. The van der Waals surface area contributed by atoms with Gasteiger partial charge in [0.05, 0.1) is 72.1 Å². The fourth-order valence-electron chi connectivity index (χ4n) is 1.49. The third-order valence-electron chi connectivity index (χ3n) is 2.71. The minimum absolute atomic E-state index is 0.154. The van der Waals surface area contributed by atoms with Crippen molar-refractivity contribution in [3.63, 3.8) is 0 Å². The number of aliphatic hydroxyl groups is 2. The van der Waals surface area contributed by atoms with Crippen LogP contribution in [0.4, 0.5) is 0 Å². The lowest BCUT2D eigenvalue weighted by Crippen LogP contribution is -2.42. The lowest BCUT2D eigenvalue weighted by atomic mass is 10.3. The van der Waals surface area contributed by atoms with Crippen LogP contribution < -0.4 is 5.32 Å². The molecule has 0 radical (unpaired) electrons. The van der Waals surface area contributed by atoms with Crippen LogP contribution in [0.2, 0.25) is 0 Å². The first kappa shape index (κ1) is 23.8. The fourth-order valence-corrected chi connectivity index (χ4v) is 1.49. The Labute approximate surface area is 148 Å². The Hall–Kier alpha value is -1.25. The average molecular weight is 363 g/mol. The van der Waals surface area contributed by atoms with Crippen molar-refractivity contribution < 1.29 is 38.7 Å². The molecule has 0 rings (SSSR count). The van der Waals surface area contributed by atoms with Crippen molar-refractivity contribution >= 4 is 5.91 Å². The molecule has 25 heavy (non-hydrogen) atoms. The average Bonchev–Trinajstić information content (AvgIpc) is 2.62. The van der Waals surface area contributed by atoms with Gasteiger partial charge < -0.3 is 39.2 Å². The van der Waals surface area contributed by atoms with Crippen LogP contribution in [-0.2, 0) is 28.5 Å². The van der Waals surface area contributed by atoms with Gasteiger partial charge in [0.15, 0.2) is 0 Å². The number of terminal acetylenes is 1. The molecular formula is C16H29NO8. The maximum Gasteiger partial charge on any atom is 0.246 e.